The molecule has 1 atom stereocenters. The molecule has 1 N–H and O–H groups in total. The van der Waals surface area contributed by atoms with Gasteiger partial charge in [0.2, 0.25) is 11.7 Å². The molecular weight excluding hydrogens is 288 g/mol. The van der Waals surface area contributed by atoms with Gasteiger partial charge in [-0.05, 0) is 37.6 Å². The molecule has 0 amide bonds. The Morgan fingerprint density at radius 3 is 2.80 bits per heavy atom. The maximum absolute atomic E-state index is 13.2. The molecule has 1 aromatic carbocycles. The second kappa shape index (κ2) is 6.28. The van der Waals surface area contributed by atoms with Crippen molar-refractivity contribution in [3.05, 3.63) is 35.7 Å². The summed E-state index contributed by atoms with van der Waals surface area (Å²) in [6.45, 7) is 1.81. The van der Waals surface area contributed by atoms with Crippen molar-refractivity contribution >= 4 is 12.4 Å². The fourth-order valence-corrected chi connectivity index (χ4v) is 2.22. The molecule has 1 aromatic heterocycles. The number of piperidine rings is 1. The Hall–Kier alpha value is -1.53. The average molecular weight is 302 g/mol. The van der Waals surface area contributed by atoms with Gasteiger partial charge in [-0.25, -0.2) is 8.78 Å². The van der Waals surface area contributed by atoms with E-state index in [2.05, 4.69) is 15.5 Å². The SMILES string of the molecule is Cl.Fc1ccc(-c2noc(C3CCCNC3)n2)cc1F. The van der Waals surface area contributed by atoms with Crippen LogP contribution in [0.5, 0.6) is 0 Å². The molecule has 0 saturated carbocycles. The van der Waals surface area contributed by atoms with Crippen molar-refractivity contribution in [1.82, 2.24) is 15.5 Å². The molecule has 0 spiro atoms. The summed E-state index contributed by atoms with van der Waals surface area (Å²) in [5.41, 5.74) is 0.415. The minimum absolute atomic E-state index is 0. The molecule has 20 heavy (non-hydrogen) atoms. The van der Waals surface area contributed by atoms with Gasteiger partial charge in [-0.3, -0.25) is 0 Å². The van der Waals surface area contributed by atoms with Gasteiger partial charge in [-0.2, -0.15) is 4.98 Å². The molecule has 0 radical (unpaired) electrons. The van der Waals surface area contributed by atoms with Crippen LogP contribution in [0, 0.1) is 11.6 Å². The quantitative estimate of drug-likeness (QED) is 0.926. The highest BCUT2D eigenvalue weighted by molar-refractivity contribution is 5.85. The molecule has 4 nitrogen and oxygen atoms in total. The fourth-order valence-electron chi connectivity index (χ4n) is 2.22. The predicted octanol–water partition coefficient (Wildman–Crippen LogP) is 2.90. The third-order valence-corrected chi connectivity index (χ3v) is 3.27. The van der Waals surface area contributed by atoms with Gasteiger partial charge in [0.05, 0.1) is 5.92 Å². The van der Waals surface area contributed by atoms with E-state index in [0.29, 0.717) is 17.3 Å². The normalized spacial score (nSPS) is 18.6. The topological polar surface area (TPSA) is 51.0 Å². The van der Waals surface area contributed by atoms with Gasteiger partial charge in [0.25, 0.3) is 0 Å². The maximum Gasteiger partial charge on any atom is 0.231 e. The molecule has 0 bridgehead atoms. The summed E-state index contributed by atoms with van der Waals surface area (Å²) in [7, 11) is 0. The Bertz CT molecular complexity index is 585. The Balaban J connectivity index is 0.00000147. The van der Waals surface area contributed by atoms with Gasteiger partial charge in [-0.15, -0.1) is 12.4 Å². The standard InChI is InChI=1S/C13H13F2N3O.ClH/c14-10-4-3-8(6-11(10)15)12-17-13(19-18-12)9-2-1-5-16-7-9;/h3-4,6,9,16H,1-2,5,7H2;1H. The fraction of sp³-hybridized carbons (Fsp3) is 0.385. The Kier molecular flexibility index (Phi) is 4.67. The van der Waals surface area contributed by atoms with Crippen molar-refractivity contribution in [3.63, 3.8) is 0 Å². The van der Waals surface area contributed by atoms with E-state index in [1.165, 1.54) is 6.07 Å². The minimum Gasteiger partial charge on any atom is -0.339 e. The van der Waals surface area contributed by atoms with Gasteiger partial charge in [0.15, 0.2) is 11.6 Å². The van der Waals surface area contributed by atoms with E-state index in [-0.39, 0.29) is 18.3 Å². The van der Waals surface area contributed by atoms with Crippen LogP contribution >= 0.6 is 12.4 Å². The summed E-state index contributed by atoms with van der Waals surface area (Å²) in [5.74, 6) is -0.765. The van der Waals surface area contributed by atoms with Crippen LogP contribution in [0.3, 0.4) is 0 Å². The number of benzene rings is 1. The number of hydrogen-bond acceptors (Lipinski definition) is 4. The van der Waals surface area contributed by atoms with Gasteiger partial charge >= 0.3 is 0 Å². The smallest absolute Gasteiger partial charge is 0.231 e. The van der Waals surface area contributed by atoms with Gasteiger partial charge in [0, 0.05) is 12.1 Å². The monoisotopic (exact) mass is 301 g/mol. The number of nitrogens with zero attached hydrogens (tertiary/aromatic N) is 2. The van der Waals surface area contributed by atoms with Crippen LogP contribution < -0.4 is 5.32 Å². The summed E-state index contributed by atoms with van der Waals surface area (Å²) < 4.78 is 31.2. The van der Waals surface area contributed by atoms with E-state index in [1.54, 1.807) is 0 Å². The molecule has 1 aliphatic rings. The molecule has 108 valence electrons. The first kappa shape index (κ1) is 14.9. The van der Waals surface area contributed by atoms with Crippen LogP contribution in [0.25, 0.3) is 11.4 Å². The molecule has 1 unspecified atom stereocenters. The Labute approximate surface area is 121 Å². The van der Waals surface area contributed by atoms with E-state index in [9.17, 15) is 8.78 Å². The molecule has 1 saturated heterocycles. The molecule has 7 heteroatoms. The van der Waals surface area contributed by atoms with Crippen LogP contribution in [0.1, 0.15) is 24.7 Å². The predicted molar refractivity (Wildman–Crippen MR) is 71.7 cm³/mol. The van der Waals surface area contributed by atoms with Crippen LogP contribution in [-0.2, 0) is 0 Å². The highest BCUT2D eigenvalue weighted by Crippen LogP contribution is 2.25. The van der Waals surface area contributed by atoms with Crippen molar-refractivity contribution in [2.75, 3.05) is 13.1 Å². The van der Waals surface area contributed by atoms with Gasteiger partial charge < -0.3 is 9.84 Å². The molecule has 1 aliphatic heterocycles. The molecular formula is C13H14ClF2N3O. The maximum atomic E-state index is 13.2. The average Bonchev–Trinajstić information content (AvgIpc) is 2.93. The summed E-state index contributed by atoms with van der Waals surface area (Å²) in [6.07, 6.45) is 2.06. The molecule has 2 aromatic rings. The van der Waals surface area contributed by atoms with Crippen molar-refractivity contribution in [3.8, 4) is 11.4 Å². The largest absolute Gasteiger partial charge is 0.339 e. The summed E-state index contributed by atoms with van der Waals surface area (Å²) in [4.78, 5) is 4.27. The first-order chi connectivity index (χ1) is 9.24. The molecule has 2 heterocycles. The van der Waals surface area contributed by atoms with Crippen molar-refractivity contribution in [2.24, 2.45) is 0 Å². The third-order valence-electron chi connectivity index (χ3n) is 3.27. The zero-order chi connectivity index (χ0) is 13.2. The lowest BCUT2D eigenvalue weighted by Crippen LogP contribution is -2.28. The number of nitrogens with one attached hydrogen (secondary N) is 1. The zero-order valence-electron chi connectivity index (χ0n) is 10.6. The first-order valence-corrected chi connectivity index (χ1v) is 6.24. The Morgan fingerprint density at radius 1 is 1.25 bits per heavy atom. The van der Waals surface area contributed by atoms with Crippen molar-refractivity contribution in [1.29, 1.82) is 0 Å². The van der Waals surface area contributed by atoms with Crippen molar-refractivity contribution in [2.45, 2.75) is 18.8 Å². The summed E-state index contributed by atoms with van der Waals surface area (Å²) >= 11 is 0. The second-order valence-electron chi connectivity index (χ2n) is 4.63. The van der Waals surface area contributed by atoms with Crippen LogP contribution in [0.4, 0.5) is 8.78 Å². The molecule has 0 aliphatic carbocycles. The summed E-state index contributed by atoms with van der Waals surface area (Å²) in [5, 5.41) is 7.09. The third kappa shape index (κ3) is 2.96. The van der Waals surface area contributed by atoms with E-state index in [1.807, 2.05) is 0 Å². The van der Waals surface area contributed by atoms with E-state index in [4.69, 9.17) is 4.52 Å². The van der Waals surface area contributed by atoms with E-state index >= 15 is 0 Å². The van der Waals surface area contributed by atoms with Crippen LogP contribution in [0.2, 0.25) is 0 Å². The molecule has 3 rings (SSSR count). The highest BCUT2D eigenvalue weighted by Gasteiger charge is 2.21. The number of rotatable bonds is 2. The van der Waals surface area contributed by atoms with Crippen LogP contribution in [0.15, 0.2) is 22.7 Å². The van der Waals surface area contributed by atoms with E-state index in [0.717, 1.165) is 38.1 Å². The number of halogens is 3. The molecule has 1 fully saturated rings. The number of aromatic nitrogens is 2. The Morgan fingerprint density at radius 2 is 2.10 bits per heavy atom. The van der Waals surface area contributed by atoms with E-state index < -0.39 is 11.6 Å². The van der Waals surface area contributed by atoms with Crippen LogP contribution in [-0.4, -0.2) is 23.2 Å². The van der Waals surface area contributed by atoms with Gasteiger partial charge in [-0.1, -0.05) is 5.16 Å². The summed E-state index contributed by atoms with van der Waals surface area (Å²) in [6, 6.07) is 3.57. The lowest BCUT2D eigenvalue weighted by molar-refractivity contribution is 0.322. The van der Waals surface area contributed by atoms with Crippen molar-refractivity contribution < 1.29 is 13.3 Å². The first-order valence-electron chi connectivity index (χ1n) is 6.24. The zero-order valence-corrected chi connectivity index (χ0v) is 11.4. The highest BCUT2D eigenvalue weighted by atomic mass is 35.5. The lowest BCUT2D eigenvalue weighted by Gasteiger charge is -2.18. The number of hydrogen-bond donors (Lipinski definition) is 1. The second-order valence-corrected chi connectivity index (χ2v) is 4.63. The lowest BCUT2D eigenvalue weighted by atomic mass is 10.00. The van der Waals surface area contributed by atoms with Gasteiger partial charge in [0.1, 0.15) is 0 Å². The minimum atomic E-state index is -0.914.